The minimum absolute atomic E-state index is 0.0359. The highest BCUT2D eigenvalue weighted by Gasteiger charge is 2.17. The third-order valence-corrected chi connectivity index (χ3v) is 1.47. The van der Waals surface area contributed by atoms with Gasteiger partial charge in [0.1, 0.15) is 0 Å². The maximum absolute atomic E-state index is 9.06. The molecule has 0 rings (SSSR count). The lowest BCUT2D eigenvalue weighted by Crippen LogP contribution is -2.18. The molecule has 54 valence electrons. The number of hydrogen-bond acceptors (Lipinski definition) is 1. The summed E-state index contributed by atoms with van der Waals surface area (Å²) in [6.07, 6.45) is -0.384. The molecule has 1 nitrogen and oxygen atoms in total. The van der Waals surface area contributed by atoms with Gasteiger partial charge in [-0.2, -0.15) is 0 Å². The Morgan fingerprint density at radius 1 is 1.44 bits per heavy atom. The molecule has 0 aliphatic heterocycles. The molecule has 1 heteroatoms. The van der Waals surface area contributed by atoms with E-state index in [4.69, 9.17) is 5.11 Å². The molecule has 1 N–H and O–H groups in total. The molecule has 0 saturated heterocycles. The second kappa shape index (κ2) is 2.53. The van der Waals surface area contributed by atoms with Crippen LogP contribution in [-0.2, 0) is 0 Å². The van der Waals surface area contributed by atoms with E-state index in [1.807, 2.05) is 20.8 Å². The average Bonchev–Trinajstić information content (AvgIpc) is 1.62. The SMILES string of the molecule is C=C([C@H](C)O)C(C)(C)C. The summed E-state index contributed by atoms with van der Waals surface area (Å²) in [5, 5.41) is 9.06. The molecule has 0 heterocycles. The summed E-state index contributed by atoms with van der Waals surface area (Å²) in [5.41, 5.74) is 0.927. The largest absolute Gasteiger partial charge is 0.389 e. The van der Waals surface area contributed by atoms with Gasteiger partial charge < -0.3 is 5.11 Å². The van der Waals surface area contributed by atoms with Crippen LogP contribution in [0.3, 0.4) is 0 Å². The maximum atomic E-state index is 9.06. The van der Waals surface area contributed by atoms with Crippen molar-refractivity contribution in [3.8, 4) is 0 Å². The Bertz CT molecular complexity index is 106. The van der Waals surface area contributed by atoms with Crippen LogP contribution in [0.25, 0.3) is 0 Å². The van der Waals surface area contributed by atoms with Gasteiger partial charge in [0.2, 0.25) is 0 Å². The van der Waals surface area contributed by atoms with E-state index in [-0.39, 0.29) is 11.5 Å². The summed E-state index contributed by atoms with van der Waals surface area (Å²) in [6.45, 7) is 11.7. The van der Waals surface area contributed by atoms with E-state index >= 15 is 0 Å². The van der Waals surface area contributed by atoms with E-state index in [2.05, 4.69) is 6.58 Å². The minimum atomic E-state index is -0.384. The summed E-state index contributed by atoms with van der Waals surface area (Å²) in [6, 6.07) is 0. The summed E-state index contributed by atoms with van der Waals surface area (Å²) < 4.78 is 0. The second-order valence-corrected chi connectivity index (χ2v) is 3.45. The van der Waals surface area contributed by atoms with E-state index in [0.29, 0.717) is 0 Å². The molecule has 9 heavy (non-hydrogen) atoms. The van der Waals surface area contributed by atoms with Crippen LogP contribution in [0.5, 0.6) is 0 Å². The minimum Gasteiger partial charge on any atom is -0.389 e. The molecular weight excluding hydrogens is 112 g/mol. The van der Waals surface area contributed by atoms with E-state index in [9.17, 15) is 0 Å². The first-order chi connectivity index (χ1) is 3.85. The Balaban J connectivity index is 4.06. The van der Waals surface area contributed by atoms with Crippen LogP contribution < -0.4 is 0 Å². The normalized spacial score (nSPS) is 15.2. The molecule has 0 spiro atoms. The van der Waals surface area contributed by atoms with Gasteiger partial charge in [-0.25, -0.2) is 0 Å². The fourth-order valence-corrected chi connectivity index (χ4v) is 0.627. The third kappa shape index (κ3) is 2.66. The van der Waals surface area contributed by atoms with Crippen molar-refractivity contribution in [1.29, 1.82) is 0 Å². The number of rotatable bonds is 1. The van der Waals surface area contributed by atoms with Gasteiger partial charge in [-0.1, -0.05) is 27.4 Å². The van der Waals surface area contributed by atoms with Gasteiger partial charge in [0.05, 0.1) is 6.10 Å². The number of aliphatic hydroxyl groups excluding tert-OH is 1. The van der Waals surface area contributed by atoms with E-state index < -0.39 is 0 Å². The van der Waals surface area contributed by atoms with Crippen molar-refractivity contribution >= 4 is 0 Å². The predicted octanol–water partition coefficient (Wildman–Crippen LogP) is 1.97. The molecule has 0 bridgehead atoms. The first kappa shape index (κ1) is 8.70. The van der Waals surface area contributed by atoms with Crippen molar-refractivity contribution in [3.63, 3.8) is 0 Å². The summed E-state index contributed by atoms with van der Waals surface area (Å²) >= 11 is 0. The standard InChI is InChI=1S/C8H16O/c1-6(7(2)9)8(3,4)5/h7,9H,1H2,2-5H3/t7-/m0/s1. The van der Waals surface area contributed by atoms with Crippen LogP contribution in [0.4, 0.5) is 0 Å². The monoisotopic (exact) mass is 128 g/mol. The van der Waals surface area contributed by atoms with Gasteiger partial charge in [0, 0.05) is 0 Å². The summed E-state index contributed by atoms with van der Waals surface area (Å²) in [5.74, 6) is 0. The molecule has 0 radical (unpaired) electrons. The lowest BCUT2D eigenvalue weighted by molar-refractivity contribution is 0.204. The molecule has 0 aromatic rings. The zero-order valence-corrected chi connectivity index (χ0v) is 6.73. The maximum Gasteiger partial charge on any atom is 0.0724 e. The van der Waals surface area contributed by atoms with Crippen LogP contribution in [0.1, 0.15) is 27.7 Å². The van der Waals surface area contributed by atoms with Crippen molar-refractivity contribution in [2.24, 2.45) is 5.41 Å². The van der Waals surface area contributed by atoms with Crippen LogP contribution in [0.15, 0.2) is 12.2 Å². The Morgan fingerprint density at radius 3 is 1.78 bits per heavy atom. The molecular formula is C8H16O. The van der Waals surface area contributed by atoms with Crippen LogP contribution >= 0.6 is 0 Å². The van der Waals surface area contributed by atoms with Gasteiger partial charge in [-0.3, -0.25) is 0 Å². The molecule has 0 aliphatic rings. The lowest BCUT2D eigenvalue weighted by Gasteiger charge is -2.23. The first-order valence-corrected chi connectivity index (χ1v) is 3.23. The second-order valence-electron chi connectivity index (χ2n) is 3.45. The highest BCUT2D eigenvalue weighted by Crippen LogP contribution is 2.25. The smallest absolute Gasteiger partial charge is 0.0724 e. The van der Waals surface area contributed by atoms with Crippen molar-refractivity contribution in [3.05, 3.63) is 12.2 Å². The van der Waals surface area contributed by atoms with Crippen molar-refractivity contribution in [2.75, 3.05) is 0 Å². The predicted molar refractivity (Wildman–Crippen MR) is 40.3 cm³/mol. The van der Waals surface area contributed by atoms with Crippen LogP contribution in [-0.4, -0.2) is 11.2 Å². The Morgan fingerprint density at radius 2 is 1.78 bits per heavy atom. The molecule has 0 amide bonds. The highest BCUT2D eigenvalue weighted by molar-refractivity contribution is 5.09. The van der Waals surface area contributed by atoms with E-state index in [0.717, 1.165) is 5.57 Å². The zero-order chi connectivity index (χ0) is 7.65. The molecule has 0 unspecified atom stereocenters. The van der Waals surface area contributed by atoms with Gasteiger partial charge >= 0.3 is 0 Å². The Hall–Kier alpha value is -0.300. The molecule has 0 aliphatic carbocycles. The fraction of sp³-hybridized carbons (Fsp3) is 0.750. The van der Waals surface area contributed by atoms with Gasteiger partial charge in [0.15, 0.2) is 0 Å². The Labute approximate surface area is 57.4 Å². The summed E-state index contributed by atoms with van der Waals surface area (Å²) in [7, 11) is 0. The third-order valence-electron chi connectivity index (χ3n) is 1.47. The quantitative estimate of drug-likeness (QED) is 0.535. The zero-order valence-electron chi connectivity index (χ0n) is 6.73. The molecule has 0 fully saturated rings. The van der Waals surface area contributed by atoms with Gasteiger partial charge in [-0.05, 0) is 17.9 Å². The number of aliphatic hydroxyl groups is 1. The lowest BCUT2D eigenvalue weighted by atomic mass is 9.85. The average molecular weight is 128 g/mol. The topological polar surface area (TPSA) is 20.2 Å². The molecule has 0 aromatic heterocycles. The van der Waals surface area contributed by atoms with Crippen molar-refractivity contribution in [2.45, 2.75) is 33.8 Å². The highest BCUT2D eigenvalue weighted by atomic mass is 16.3. The molecule has 0 aromatic carbocycles. The summed E-state index contributed by atoms with van der Waals surface area (Å²) in [4.78, 5) is 0. The van der Waals surface area contributed by atoms with Crippen LogP contribution in [0, 0.1) is 5.41 Å². The van der Waals surface area contributed by atoms with Crippen molar-refractivity contribution in [1.82, 2.24) is 0 Å². The van der Waals surface area contributed by atoms with Gasteiger partial charge in [0.25, 0.3) is 0 Å². The first-order valence-electron chi connectivity index (χ1n) is 3.23. The fourth-order valence-electron chi connectivity index (χ4n) is 0.627. The molecule has 0 saturated carbocycles. The van der Waals surface area contributed by atoms with E-state index in [1.165, 1.54) is 0 Å². The Kier molecular flexibility index (Phi) is 2.44. The molecule has 1 atom stereocenters. The van der Waals surface area contributed by atoms with Crippen molar-refractivity contribution < 1.29 is 5.11 Å². The van der Waals surface area contributed by atoms with Gasteiger partial charge in [-0.15, -0.1) is 0 Å². The number of hydrogen-bond donors (Lipinski definition) is 1. The van der Waals surface area contributed by atoms with Crippen LogP contribution in [0.2, 0.25) is 0 Å². The van der Waals surface area contributed by atoms with E-state index in [1.54, 1.807) is 6.92 Å².